The van der Waals surface area contributed by atoms with Gasteiger partial charge in [-0.25, -0.2) is 0 Å². The molecule has 6 heteroatoms. The fraction of sp³-hybridized carbons (Fsp3) is 0.467. The monoisotopic (exact) mass is 292 g/mol. The van der Waals surface area contributed by atoms with Crippen LogP contribution in [0, 0.1) is 5.92 Å². The Labute approximate surface area is 123 Å². The molecule has 2 rings (SSSR count). The van der Waals surface area contributed by atoms with Gasteiger partial charge in [0.25, 0.3) is 5.91 Å². The number of para-hydroxylation sites is 2. The minimum absolute atomic E-state index is 0.0589. The van der Waals surface area contributed by atoms with Crippen molar-refractivity contribution in [2.75, 3.05) is 18.4 Å². The number of aliphatic carboxylic acids is 1. The van der Waals surface area contributed by atoms with Crippen molar-refractivity contribution < 1.29 is 19.4 Å². The lowest BCUT2D eigenvalue weighted by atomic mass is 10.0. The highest BCUT2D eigenvalue weighted by atomic mass is 16.5. The highest BCUT2D eigenvalue weighted by molar-refractivity contribution is 5.83. The summed E-state index contributed by atoms with van der Waals surface area (Å²) in [4.78, 5) is 22.8. The van der Waals surface area contributed by atoms with Gasteiger partial charge in [0.2, 0.25) is 0 Å². The van der Waals surface area contributed by atoms with Crippen LogP contribution in [0.2, 0.25) is 0 Å². The number of anilines is 1. The lowest BCUT2D eigenvalue weighted by molar-refractivity contribution is -0.138. The van der Waals surface area contributed by atoms with Crippen LogP contribution >= 0.6 is 0 Å². The number of hydrogen-bond donors (Lipinski definition) is 3. The zero-order chi connectivity index (χ0) is 15.2. The Bertz CT molecular complexity index is 518. The van der Waals surface area contributed by atoms with Crippen molar-refractivity contribution in [1.29, 1.82) is 0 Å². The van der Waals surface area contributed by atoms with Crippen molar-refractivity contribution >= 4 is 17.6 Å². The number of amides is 1. The molecule has 1 aliphatic rings. The standard InChI is InChI=1S/C15H20N2O4/c1-2-10(7-14(18)19)8-17-15(20)13-9-16-11-5-3-4-6-12(11)21-13/h3-6,10,13,16H,2,7-9H2,1H3,(H,17,20)(H,18,19). The second-order valence-electron chi connectivity index (χ2n) is 5.10. The van der Waals surface area contributed by atoms with Crippen molar-refractivity contribution in [3.05, 3.63) is 24.3 Å². The SMILES string of the molecule is CCC(CNC(=O)C1CNc2ccccc2O1)CC(=O)O. The first-order valence-corrected chi connectivity index (χ1v) is 7.09. The molecule has 1 amide bonds. The van der Waals surface area contributed by atoms with Gasteiger partial charge < -0.3 is 20.5 Å². The predicted octanol–water partition coefficient (Wildman–Crippen LogP) is 1.48. The van der Waals surface area contributed by atoms with E-state index in [1.54, 1.807) is 6.07 Å². The highest BCUT2D eigenvalue weighted by Gasteiger charge is 2.26. The molecule has 0 saturated carbocycles. The van der Waals surface area contributed by atoms with Crippen molar-refractivity contribution in [3.63, 3.8) is 0 Å². The molecule has 1 aromatic rings. The number of nitrogens with one attached hydrogen (secondary N) is 2. The summed E-state index contributed by atoms with van der Waals surface area (Å²) in [5.74, 6) is -0.474. The van der Waals surface area contributed by atoms with Crippen LogP contribution in [0.25, 0.3) is 0 Å². The summed E-state index contributed by atoms with van der Waals surface area (Å²) < 4.78 is 5.65. The second kappa shape index (κ2) is 6.97. The number of benzene rings is 1. The lowest BCUT2D eigenvalue weighted by Gasteiger charge is -2.27. The van der Waals surface area contributed by atoms with Gasteiger partial charge in [-0.15, -0.1) is 0 Å². The van der Waals surface area contributed by atoms with Crippen molar-refractivity contribution in [1.82, 2.24) is 5.32 Å². The molecule has 0 aromatic heterocycles. The van der Waals surface area contributed by atoms with Crippen LogP contribution in [-0.2, 0) is 9.59 Å². The van der Waals surface area contributed by atoms with E-state index >= 15 is 0 Å². The van der Waals surface area contributed by atoms with E-state index in [9.17, 15) is 9.59 Å². The highest BCUT2D eigenvalue weighted by Crippen LogP contribution is 2.28. The number of rotatable bonds is 6. The van der Waals surface area contributed by atoms with Crippen molar-refractivity contribution in [3.8, 4) is 5.75 Å². The van der Waals surface area contributed by atoms with Gasteiger partial charge in [0.05, 0.1) is 12.2 Å². The first kappa shape index (κ1) is 15.2. The minimum atomic E-state index is -0.847. The topological polar surface area (TPSA) is 87.7 Å². The van der Waals surface area contributed by atoms with Crippen LogP contribution in [0.5, 0.6) is 5.75 Å². The first-order valence-electron chi connectivity index (χ1n) is 7.09. The summed E-state index contributed by atoms with van der Waals surface area (Å²) in [6.45, 7) is 2.66. The van der Waals surface area contributed by atoms with Gasteiger partial charge in [0, 0.05) is 13.0 Å². The average Bonchev–Trinajstić information content (AvgIpc) is 2.50. The van der Waals surface area contributed by atoms with E-state index in [0.29, 0.717) is 25.3 Å². The van der Waals surface area contributed by atoms with Gasteiger partial charge in [0.1, 0.15) is 5.75 Å². The number of hydrogen-bond acceptors (Lipinski definition) is 4. The lowest BCUT2D eigenvalue weighted by Crippen LogP contribution is -2.46. The molecule has 0 radical (unpaired) electrons. The number of fused-ring (bicyclic) bond motifs is 1. The average molecular weight is 292 g/mol. The summed E-state index contributed by atoms with van der Waals surface area (Å²) in [5.41, 5.74) is 0.874. The third-order valence-corrected chi connectivity index (χ3v) is 3.53. The molecule has 1 aliphatic heterocycles. The Balaban J connectivity index is 1.86. The maximum absolute atomic E-state index is 12.1. The van der Waals surface area contributed by atoms with E-state index in [-0.39, 0.29) is 18.2 Å². The second-order valence-corrected chi connectivity index (χ2v) is 5.10. The molecular weight excluding hydrogens is 272 g/mol. The molecule has 2 atom stereocenters. The normalized spacial score (nSPS) is 17.9. The van der Waals surface area contributed by atoms with Gasteiger partial charge >= 0.3 is 5.97 Å². The Hall–Kier alpha value is -2.24. The molecule has 1 aromatic carbocycles. The Kier molecular flexibility index (Phi) is 5.03. The van der Waals surface area contributed by atoms with Crippen molar-refractivity contribution in [2.24, 2.45) is 5.92 Å². The number of carbonyl (C=O) groups excluding carboxylic acids is 1. The third-order valence-electron chi connectivity index (χ3n) is 3.53. The molecule has 114 valence electrons. The van der Waals surface area contributed by atoms with E-state index < -0.39 is 12.1 Å². The van der Waals surface area contributed by atoms with Crippen LogP contribution in [0.1, 0.15) is 19.8 Å². The molecule has 21 heavy (non-hydrogen) atoms. The first-order chi connectivity index (χ1) is 10.1. The number of carbonyl (C=O) groups is 2. The number of carboxylic acid groups (broad SMARTS) is 1. The molecule has 0 fully saturated rings. The van der Waals surface area contributed by atoms with E-state index in [1.807, 2.05) is 25.1 Å². The summed E-state index contributed by atoms with van der Waals surface area (Å²) in [5, 5.41) is 14.7. The zero-order valence-corrected chi connectivity index (χ0v) is 12.0. The van der Waals surface area contributed by atoms with E-state index in [4.69, 9.17) is 9.84 Å². The van der Waals surface area contributed by atoms with Crippen LogP contribution in [0.4, 0.5) is 5.69 Å². The molecule has 2 unspecified atom stereocenters. The van der Waals surface area contributed by atoms with E-state index in [1.165, 1.54) is 0 Å². The fourth-order valence-electron chi connectivity index (χ4n) is 2.23. The fourth-order valence-corrected chi connectivity index (χ4v) is 2.23. The number of ether oxygens (including phenoxy) is 1. The minimum Gasteiger partial charge on any atom is -0.481 e. The maximum Gasteiger partial charge on any atom is 0.303 e. The summed E-state index contributed by atoms with van der Waals surface area (Å²) in [7, 11) is 0. The molecule has 0 saturated heterocycles. The van der Waals surface area contributed by atoms with Crippen LogP contribution in [0.15, 0.2) is 24.3 Å². The van der Waals surface area contributed by atoms with E-state index in [0.717, 1.165) is 5.69 Å². The van der Waals surface area contributed by atoms with Gasteiger partial charge in [-0.1, -0.05) is 25.5 Å². The summed E-state index contributed by atoms with van der Waals surface area (Å²) in [6.07, 6.45) is 0.171. The predicted molar refractivity (Wildman–Crippen MR) is 78.4 cm³/mol. The van der Waals surface area contributed by atoms with Crippen LogP contribution in [0.3, 0.4) is 0 Å². The largest absolute Gasteiger partial charge is 0.481 e. The smallest absolute Gasteiger partial charge is 0.303 e. The zero-order valence-electron chi connectivity index (χ0n) is 12.0. The number of carboxylic acids is 1. The van der Waals surface area contributed by atoms with E-state index in [2.05, 4.69) is 10.6 Å². The van der Waals surface area contributed by atoms with Crippen molar-refractivity contribution in [2.45, 2.75) is 25.9 Å². The van der Waals surface area contributed by atoms with Crippen LogP contribution < -0.4 is 15.4 Å². The molecule has 6 nitrogen and oxygen atoms in total. The van der Waals surface area contributed by atoms with Gasteiger partial charge in [-0.2, -0.15) is 0 Å². The Morgan fingerprint density at radius 3 is 2.95 bits per heavy atom. The van der Waals surface area contributed by atoms with Crippen LogP contribution in [-0.4, -0.2) is 36.2 Å². The molecule has 0 spiro atoms. The molecular formula is C15H20N2O4. The Morgan fingerprint density at radius 1 is 1.48 bits per heavy atom. The molecule has 0 bridgehead atoms. The summed E-state index contributed by atoms with van der Waals surface area (Å²) in [6, 6.07) is 7.44. The van der Waals surface area contributed by atoms with Gasteiger partial charge in [-0.05, 0) is 18.1 Å². The quantitative estimate of drug-likeness (QED) is 0.739. The Morgan fingerprint density at radius 2 is 2.24 bits per heavy atom. The van der Waals surface area contributed by atoms with Gasteiger partial charge in [-0.3, -0.25) is 9.59 Å². The molecule has 1 heterocycles. The third kappa shape index (κ3) is 4.11. The summed E-state index contributed by atoms with van der Waals surface area (Å²) >= 11 is 0. The molecule has 0 aliphatic carbocycles. The maximum atomic E-state index is 12.1. The van der Waals surface area contributed by atoms with Gasteiger partial charge in [0.15, 0.2) is 6.10 Å². The molecule has 3 N–H and O–H groups in total.